The van der Waals surface area contributed by atoms with E-state index in [9.17, 15) is 19.2 Å². The van der Waals surface area contributed by atoms with E-state index < -0.39 is 29.4 Å². The van der Waals surface area contributed by atoms with Crippen molar-refractivity contribution in [2.24, 2.45) is 0 Å². The van der Waals surface area contributed by atoms with Crippen molar-refractivity contribution < 1.29 is 19.5 Å². The van der Waals surface area contributed by atoms with Crippen LogP contribution in [0.15, 0.2) is 29.2 Å². The molecule has 2 rings (SSSR count). The van der Waals surface area contributed by atoms with E-state index in [0.29, 0.717) is 10.5 Å². The van der Waals surface area contributed by atoms with Gasteiger partial charge in [0.15, 0.2) is 11.2 Å². The average Bonchev–Trinajstić information content (AvgIpc) is 2.38. The van der Waals surface area contributed by atoms with Gasteiger partial charge in [0, 0.05) is 16.6 Å². The van der Waals surface area contributed by atoms with Crippen LogP contribution < -0.4 is 5.43 Å². The number of aromatic amines is 1. The number of carboxylic acids is 1. The van der Waals surface area contributed by atoms with Gasteiger partial charge in [0.1, 0.15) is 0 Å². The SMILES string of the molecule is O=C(O)C(=O)CC(=O)c1c[nH]c2cc(Cl)ccc2c1=O. The molecule has 0 aliphatic heterocycles. The van der Waals surface area contributed by atoms with Crippen LogP contribution in [0.2, 0.25) is 5.02 Å². The van der Waals surface area contributed by atoms with Gasteiger partial charge < -0.3 is 10.1 Å². The topological polar surface area (TPSA) is 104 Å². The van der Waals surface area contributed by atoms with Crippen LogP contribution in [0.4, 0.5) is 0 Å². The molecule has 1 aromatic carbocycles. The van der Waals surface area contributed by atoms with E-state index in [1.165, 1.54) is 18.2 Å². The number of benzene rings is 1. The van der Waals surface area contributed by atoms with Crippen LogP contribution in [-0.4, -0.2) is 27.6 Å². The Morgan fingerprint density at radius 2 is 1.95 bits per heavy atom. The summed E-state index contributed by atoms with van der Waals surface area (Å²) in [6.45, 7) is 0. The van der Waals surface area contributed by atoms with Gasteiger partial charge >= 0.3 is 5.97 Å². The second-order valence-corrected chi connectivity index (χ2v) is 4.49. The van der Waals surface area contributed by atoms with E-state index >= 15 is 0 Å². The summed E-state index contributed by atoms with van der Waals surface area (Å²) in [5.41, 5.74) is -0.378. The number of carbonyl (C=O) groups is 3. The Kier molecular flexibility index (Phi) is 3.67. The lowest BCUT2D eigenvalue weighted by Gasteiger charge is -2.02. The van der Waals surface area contributed by atoms with E-state index in [1.807, 2.05) is 0 Å². The van der Waals surface area contributed by atoms with Gasteiger partial charge in [-0.05, 0) is 18.2 Å². The third kappa shape index (κ3) is 2.60. The number of pyridine rings is 1. The molecule has 1 heterocycles. The standard InChI is InChI=1S/C13H8ClNO5/c14-6-1-2-7-9(3-6)15-5-8(12(7)18)10(16)4-11(17)13(19)20/h1-3,5H,4H2,(H,15,18)(H,19,20). The molecular formula is C13H8ClNO5. The second-order valence-electron chi connectivity index (χ2n) is 4.05. The Balaban J connectivity index is 2.46. The number of halogens is 1. The van der Waals surface area contributed by atoms with E-state index in [4.69, 9.17) is 16.7 Å². The van der Waals surface area contributed by atoms with Gasteiger partial charge in [-0.1, -0.05) is 11.6 Å². The minimum atomic E-state index is -1.71. The lowest BCUT2D eigenvalue weighted by atomic mass is 10.0. The van der Waals surface area contributed by atoms with Crippen molar-refractivity contribution >= 4 is 40.0 Å². The van der Waals surface area contributed by atoms with Crippen LogP contribution in [-0.2, 0) is 9.59 Å². The monoisotopic (exact) mass is 293 g/mol. The zero-order valence-electron chi connectivity index (χ0n) is 9.97. The summed E-state index contributed by atoms with van der Waals surface area (Å²) in [5.74, 6) is -3.80. The van der Waals surface area contributed by atoms with Crippen molar-refractivity contribution in [2.75, 3.05) is 0 Å². The normalized spacial score (nSPS) is 10.4. The maximum absolute atomic E-state index is 12.1. The summed E-state index contributed by atoms with van der Waals surface area (Å²) in [7, 11) is 0. The molecule has 2 N–H and O–H groups in total. The lowest BCUT2D eigenvalue weighted by Crippen LogP contribution is -2.22. The second kappa shape index (κ2) is 5.26. The predicted octanol–water partition coefficient (Wildman–Crippen LogP) is 1.41. The molecule has 20 heavy (non-hydrogen) atoms. The Morgan fingerprint density at radius 3 is 2.60 bits per heavy atom. The Morgan fingerprint density at radius 1 is 1.25 bits per heavy atom. The fourth-order valence-corrected chi connectivity index (χ4v) is 1.89. The molecule has 0 bridgehead atoms. The predicted molar refractivity (Wildman–Crippen MR) is 71.2 cm³/mol. The first kappa shape index (κ1) is 14.0. The first-order valence-electron chi connectivity index (χ1n) is 5.50. The number of carbonyl (C=O) groups excluding carboxylic acids is 2. The zero-order valence-corrected chi connectivity index (χ0v) is 10.7. The molecule has 1 aromatic heterocycles. The summed E-state index contributed by atoms with van der Waals surface area (Å²) >= 11 is 5.78. The van der Waals surface area contributed by atoms with Crippen LogP contribution in [0.5, 0.6) is 0 Å². The van der Waals surface area contributed by atoms with E-state index in [-0.39, 0.29) is 10.9 Å². The highest BCUT2D eigenvalue weighted by molar-refractivity contribution is 6.37. The number of carboxylic acid groups (broad SMARTS) is 1. The van der Waals surface area contributed by atoms with Crippen LogP contribution in [0.3, 0.4) is 0 Å². The van der Waals surface area contributed by atoms with Crippen molar-refractivity contribution in [1.29, 1.82) is 0 Å². The molecule has 0 saturated heterocycles. The number of ketones is 2. The summed E-state index contributed by atoms with van der Waals surface area (Å²) in [6, 6.07) is 4.47. The Labute approximate surface area is 117 Å². The number of hydrogen-bond acceptors (Lipinski definition) is 4. The number of aliphatic carboxylic acids is 1. The number of hydrogen-bond donors (Lipinski definition) is 2. The molecule has 0 atom stereocenters. The molecule has 2 aromatic rings. The number of rotatable bonds is 4. The van der Waals surface area contributed by atoms with Gasteiger partial charge in [-0.25, -0.2) is 4.79 Å². The van der Waals surface area contributed by atoms with Crippen LogP contribution in [0.25, 0.3) is 10.9 Å². The molecule has 6 nitrogen and oxygen atoms in total. The third-order valence-corrected chi connectivity index (χ3v) is 2.94. The molecule has 0 saturated carbocycles. The van der Waals surface area contributed by atoms with Crippen molar-refractivity contribution in [3.8, 4) is 0 Å². The molecule has 0 amide bonds. The summed E-state index contributed by atoms with van der Waals surface area (Å²) in [5, 5.41) is 9.11. The Hall–Kier alpha value is -2.47. The van der Waals surface area contributed by atoms with Gasteiger partial charge in [0.2, 0.25) is 5.78 Å². The Bertz CT molecular complexity index is 793. The molecule has 0 aliphatic carbocycles. The fourth-order valence-electron chi connectivity index (χ4n) is 1.72. The van der Waals surface area contributed by atoms with E-state index in [2.05, 4.69) is 4.98 Å². The number of H-pyrrole nitrogens is 1. The van der Waals surface area contributed by atoms with Gasteiger partial charge in [0.05, 0.1) is 17.5 Å². The molecule has 0 fully saturated rings. The minimum Gasteiger partial charge on any atom is -0.475 e. The largest absolute Gasteiger partial charge is 0.475 e. The van der Waals surface area contributed by atoms with Gasteiger partial charge in [-0.3, -0.25) is 14.4 Å². The van der Waals surface area contributed by atoms with E-state index in [1.54, 1.807) is 0 Å². The maximum atomic E-state index is 12.1. The number of nitrogens with one attached hydrogen (secondary N) is 1. The number of Topliss-reactive ketones (excluding diaryl/α,β-unsaturated/α-hetero) is 2. The molecule has 0 radical (unpaired) electrons. The smallest absolute Gasteiger partial charge is 0.372 e. The first-order chi connectivity index (χ1) is 9.40. The fraction of sp³-hybridized carbons (Fsp3) is 0.0769. The molecule has 102 valence electrons. The summed E-state index contributed by atoms with van der Waals surface area (Å²) < 4.78 is 0. The van der Waals surface area contributed by atoms with Crippen LogP contribution >= 0.6 is 11.6 Å². The zero-order chi connectivity index (χ0) is 14.9. The number of aromatic nitrogens is 1. The van der Waals surface area contributed by atoms with Crippen LogP contribution in [0.1, 0.15) is 16.8 Å². The average molecular weight is 294 g/mol. The molecule has 0 spiro atoms. The molecule has 0 unspecified atom stereocenters. The molecule has 0 aliphatic rings. The van der Waals surface area contributed by atoms with Gasteiger partial charge in [-0.2, -0.15) is 0 Å². The molecular weight excluding hydrogens is 286 g/mol. The highest BCUT2D eigenvalue weighted by Crippen LogP contribution is 2.15. The summed E-state index contributed by atoms with van der Waals surface area (Å²) in [6.07, 6.45) is 0.302. The number of fused-ring (bicyclic) bond motifs is 1. The third-order valence-electron chi connectivity index (χ3n) is 2.70. The van der Waals surface area contributed by atoms with Crippen molar-refractivity contribution in [1.82, 2.24) is 4.98 Å². The van der Waals surface area contributed by atoms with E-state index in [0.717, 1.165) is 6.20 Å². The maximum Gasteiger partial charge on any atom is 0.372 e. The van der Waals surface area contributed by atoms with Crippen molar-refractivity contribution in [2.45, 2.75) is 6.42 Å². The van der Waals surface area contributed by atoms with Gasteiger partial charge in [0.25, 0.3) is 0 Å². The summed E-state index contributed by atoms with van der Waals surface area (Å²) in [4.78, 5) is 48.0. The molecule has 7 heteroatoms. The highest BCUT2D eigenvalue weighted by Gasteiger charge is 2.20. The van der Waals surface area contributed by atoms with Crippen LogP contribution in [0, 0.1) is 0 Å². The van der Waals surface area contributed by atoms with Gasteiger partial charge in [-0.15, -0.1) is 0 Å². The minimum absolute atomic E-state index is 0.239. The highest BCUT2D eigenvalue weighted by atomic mass is 35.5. The first-order valence-corrected chi connectivity index (χ1v) is 5.88. The lowest BCUT2D eigenvalue weighted by molar-refractivity contribution is -0.148. The van der Waals surface area contributed by atoms with Crippen molar-refractivity contribution in [3.05, 3.63) is 45.2 Å². The quantitative estimate of drug-likeness (QED) is 0.504. The van der Waals surface area contributed by atoms with Crippen molar-refractivity contribution in [3.63, 3.8) is 0 Å².